The van der Waals surface area contributed by atoms with Gasteiger partial charge in [0, 0.05) is 17.6 Å². The Morgan fingerprint density at radius 1 is 1.03 bits per heavy atom. The number of aliphatic hydroxyl groups is 1. The summed E-state index contributed by atoms with van der Waals surface area (Å²) in [6.45, 7) is 8.43. The zero-order valence-corrected chi connectivity index (χ0v) is 20.7. The van der Waals surface area contributed by atoms with E-state index in [-0.39, 0.29) is 6.04 Å². The second-order valence-corrected chi connectivity index (χ2v) is 9.32. The largest absolute Gasteiger partial charge is 0.489 e. The summed E-state index contributed by atoms with van der Waals surface area (Å²) in [7, 11) is 0. The van der Waals surface area contributed by atoms with Crippen molar-refractivity contribution in [1.29, 1.82) is 0 Å². The molecule has 1 aromatic heterocycles. The number of nitrogens with zero attached hydrogens (tertiary/aromatic N) is 2. The minimum atomic E-state index is -0.593. The van der Waals surface area contributed by atoms with Crippen LogP contribution in [-0.4, -0.2) is 27.2 Å². The molecule has 0 aliphatic heterocycles. The molecule has 0 radical (unpaired) electrons. The highest BCUT2D eigenvalue weighted by Crippen LogP contribution is 2.22. The number of nitrogens with one attached hydrogen (secondary N) is 1. The van der Waals surface area contributed by atoms with Gasteiger partial charge < -0.3 is 19.7 Å². The fourth-order valence-corrected chi connectivity index (χ4v) is 4.11. The van der Waals surface area contributed by atoms with Crippen molar-refractivity contribution in [2.45, 2.75) is 52.5 Å². The van der Waals surface area contributed by atoms with E-state index in [4.69, 9.17) is 16.3 Å². The highest BCUT2D eigenvalue weighted by atomic mass is 35.5. The molecule has 0 spiro atoms. The van der Waals surface area contributed by atoms with Crippen LogP contribution in [0.25, 0.3) is 11.0 Å². The van der Waals surface area contributed by atoms with Crippen molar-refractivity contribution in [2.24, 2.45) is 0 Å². The number of hydrogen-bond acceptors (Lipinski definition) is 4. The maximum Gasteiger partial charge on any atom is 0.119 e. The number of benzene rings is 3. The molecule has 2 unspecified atom stereocenters. The molecule has 2 N–H and O–H groups in total. The molecule has 0 amide bonds. The SMILES string of the molecule is Cc1cc2ncn(CCCNC(C)C(O)c3ccc(OCc4ccc(Cl)cc4)cc3)c2cc1C. The lowest BCUT2D eigenvalue weighted by Crippen LogP contribution is -2.33. The molecular formula is C28H32ClN3O2. The van der Waals surface area contributed by atoms with Crippen LogP contribution in [0.4, 0.5) is 0 Å². The zero-order chi connectivity index (χ0) is 24.1. The Morgan fingerprint density at radius 2 is 1.74 bits per heavy atom. The average Bonchev–Trinajstić information content (AvgIpc) is 3.22. The second-order valence-electron chi connectivity index (χ2n) is 8.89. The first kappa shape index (κ1) is 24.3. The lowest BCUT2D eigenvalue weighted by Gasteiger charge is -2.21. The van der Waals surface area contributed by atoms with Crippen LogP contribution in [-0.2, 0) is 13.2 Å². The molecule has 4 rings (SSSR count). The van der Waals surface area contributed by atoms with Crippen LogP contribution in [0.1, 0.15) is 41.7 Å². The maximum atomic E-state index is 10.8. The minimum absolute atomic E-state index is 0.0646. The summed E-state index contributed by atoms with van der Waals surface area (Å²) in [5.41, 5.74) is 6.69. The molecule has 0 fully saturated rings. The average molecular weight is 478 g/mol. The van der Waals surface area contributed by atoms with Gasteiger partial charge in [-0.1, -0.05) is 35.9 Å². The van der Waals surface area contributed by atoms with E-state index in [0.717, 1.165) is 41.9 Å². The fraction of sp³-hybridized carbons (Fsp3) is 0.321. The van der Waals surface area contributed by atoms with Crippen molar-refractivity contribution in [3.05, 3.63) is 94.3 Å². The van der Waals surface area contributed by atoms with Gasteiger partial charge >= 0.3 is 0 Å². The number of hydrogen-bond donors (Lipinski definition) is 2. The number of halogens is 1. The smallest absolute Gasteiger partial charge is 0.119 e. The van der Waals surface area contributed by atoms with Crippen LogP contribution in [0.3, 0.4) is 0 Å². The first-order valence-corrected chi connectivity index (χ1v) is 12.1. The number of imidazole rings is 1. The summed E-state index contributed by atoms with van der Waals surface area (Å²) in [5.74, 6) is 0.768. The molecule has 2 atom stereocenters. The van der Waals surface area contributed by atoms with Crippen molar-refractivity contribution in [3.63, 3.8) is 0 Å². The second kappa shape index (κ2) is 11.0. The third-order valence-corrected chi connectivity index (χ3v) is 6.54. The Bertz CT molecular complexity index is 1220. The minimum Gasteiger partial charge on any atom is -0.489 e. The van der Waals surface area contributed by atoms with E-state index in [1.54, 1.807) is 0 Å². The molecular weight excluding hydrogens is 446 g/mol. The molecule has 0 aliphatic rings. The van der Waals surface area contributed by atoms with E-state index >= 15 is 0 Å². The van der Waals surface area contributed by atoms with Gasteiger partial charge in [0.15, 0.2) is 0 Å². The van der Waals surface area contributed by atoms with Gasteiger partial charge in [0.25, 0.3) is 0 Å². The van der Waals surface area contributed by atoms with Crippen LogP contribution in [0, 0.1) is 13.8 Å². The number of fused-ring (bicyclic) bond motifs is 1. The van der Waals surface area contributed by atoms with Crippen molar-refractivity contribution < 1.29 is 9.84 Å². The quantitative estimate of drug-likeness (QED) is 0.275. The lowest BCUT2D eigenvalue weighted by molar-refractivity contribution is 0.136. The van der Waals surface area contributed by atoms with Gasteiger partial charge in [0.2, 0.25) is 0 Å². The van der Waals surface area contributed by atoms with Crippen molar-refractivity contribution in [3.8, 4) is 5.75 Å². The number of aliphatic hydroxyl groups excluding tert-OH is 1. The van der Waals surface area contributed by atoms with Gasteiger partial charge in [0.05, 0.1) is 23.5 Å². The number of aromatic nitrogens is 2. The van der Waals surface area contributed by atoms with Gasteiger partial charge in [-0.2, -0.15) is 0 Å². The van der Waals surface area contributed by atoms with Crippen molar-refractivity contribution >= 4 is 22.6 Å². The summed E-state index contributed by atoms with van der Waals surface area (Å²) in [6, 6.07) is 19.5. The topological polar surface area (TPSA) is 59.3 Å². The van der Waals surface area contributed by atoms with Crippen LogP contribution in [0.15, 0.2) is 67.0 Å². The Labute approximate surface area is 206 Å². The predicted molar refractivity (Wildman–Crippen MR) is 138 cm³/mol. The van der Waals surface area contributed by atoms with Gasteiger partial charge in [-0.15, -0.1) is 0 Å². The fourth-order valence-electron chi connectivity index (χ4n) is 3.98. The van der Waals surface area contributed by atoms with E-state index in [0.29, 0.717) is 11.6 Å². The third kappa shape index (κ3) is 5.98. The molecule has 0 saturated carbocycles. The van der Waals surface area contributed by atoms with E-state index in [1.165, 1.54) is 16.6 Å². The Balaban J connectivity index is 1.23. The number of rotatable bonds is 10. The molecule has 6 heteroatoms. The van der Waals surface area contributed by atoms with E-state index in [2.05, 4.69) is 40.8 Å². The van der Waals surface area contributed by atoms with Crippen molar-refractivity contribution in [1.82, 2.24) is 14.9 Å². The highest BCUT2D eigenvalue weighted by molar-refractivity contribution is 6.30. The molecule has 0 saturated heterocycles. The summed E-state index contributed by atoms with van der Waals surface area (Å²) in [4.78, 5) is 4.53. The first-order valence-electron chi connectivity index (χ1n) is 11.7. The van der Waals surface area contributed by atoms with Gasteiger partial charge in [-0.3, -0.25) is 0 Å². The molecule has 0 aliphatic carbocycles. The zero-order valence-electron chi connectivity index (χ0n) is 20.0. The van der Waals surface area contributed by atoms with E-state index < -0.39 is 6.10 Å². The predicted octanol–water partition coefficient (Wildman–Crippen LogP) is 5.99. The molecule has 3 aromatic carbocycles. The molecule has 0 bridgehead atoms. The normalized spacial score (nSPS) is 13.2. The number of aryl methyl sites for hydroxylation is 3. The maximum absolute atomic E-state index is 10.8. The van der Waals surface area contributed by atoms with Crippen LogP contribution >= 0.6 is 11.6 Å². The Kier molecular flexibility index (Phi) is 7.88. The van der Waals surface area contributed by atoms with E-state index in [1.807, 2.05) is 61.8 Å². The van der Waals surface area contributed by atoms with E-state index in [9.17, 15) is 5.11 Å². The van der Waals surface area contributed by atoms with Crippen LogP contribution < -0.4 is 10.1 Å². The van der Waals surface area contributed by atoms with Crippen molar-refractivity contribution in [2.75, 3.05) is 6.54 Å². The Hall–Kier alpha value is -2.86. The third-order valence-electron chi connectivity index (χ3n) is 6.29. The summed E-state index contributed by atoms with van der Waals surface area (Å²) in [6.07, 6.45) is 2.27. The lowest BCUT2D eigenvalue weighted by atomic mass is 10.0. The number of ether oxygens (including phenoxy) is 1. The summed E-state index contributed by atoms with van der Waals surface area (Å²) >= 11 is 5.92. The summed E-state index contributed by atoms with van der Waals surface area (Å²) < 4.78 is 8.04. The monoisotopic (exact) mass is 477 g/mol. The standard InChI is InChI=1S/C28H32ClN3O2/c1-19-15-26-27(16-20(19)2)32(18-31-26)14-4-13-30-21(3)28(33)23-7-11-25(12-8-23)34-17-22-5-9-24(29)10-6-22/h5-12,15-16,18,21,28,30,33H,4,13-14,17H2,1-3H3. The first-order chi connectivity index (χ1) is 16.4. The summed E-state index contributed by atoms with van der Waals surface area (Å²) in [5, 5.41) is 14.9. The van der Waals surface area contributed by atoms with Crippen LogP contribution in [0.5, 0.6) is 5.75 Å². The molecule has 5 nitrogen and oxygen atoms in total. The molecule has 178 valence electrons. The molecule has 1 heterocycles. The van der Waals surface area contributed by atoms with Crippen LogP contribution in [0.2, 0.25) is 5.02 Å². The Morgan fingerprint density at radius 3 is 2.47 bits per heavy atom. The van der Waals surface area contributed by atoms with Gasteiger partial charge in [-0.25, -0.2) is 4.98 Å². The highest BCUT2D eigenvalue weighted by Gasteiger charge is 2.16. The van der Waals surface area contributed by atoms with Gasteiger partial charge in [0.1, 0.15) is 12.4 Å². The molecule has 34 heavy (non-hydrogen) atoms. The molecule has 4 aromatic rings. The van der Waals surface area contributed by atoms with Gasteiger partial charge in [-0.05, 0) is 92.4 Å².